The van der Waals surface area contributed by atoms with Crippen LogP contribution in [0.5, 0.6) is 0 Å². The molecule has 0 radical (unpaired) electrons. The van der Waals surface area contributed by atoms with E-state index >= 15 is 0 Å². The van der Waals surface area contributed by atoms with Gasteiger partial charge < -0.3 is 4.43 Å². The third-order valence-electron chi connectivity index (χ3n) is 5.52. The molecule has 1 nitrogen and oxygen atoms in total. The Morgan fingerprint density at radius 3 is 1.48 bits per heavy atom. The Labute approximate surface area is 143 Å². The van der Waals surface area contributed by atoms with Crippen LogP contribution < -0.4 is 10.4 Å². The summed E-state index contributed by atoms with van der Waals surface area (Å²) in [7, 11) is -4.04. The van der Waals surface area contributed by atoms with E-state index in [0.29, 0.717) is 0 Å². The SMILES string of the molecule is CCO[Si](C)(C(C)(C)C)[Si](C)(c1ccccc1)c1ccccc1. The van der Waals surface area contributed by atoms with Crippen LogP contribution in [0.1, 0.15) is 27.7 Å². The van der Waals surface area contributed by atoms with Crippen LogP contribution >= 0.6 is 0 Å². The van der Waals surface area contributed by atoms with E-state index in [-0.39, 0.29) is 5.04 Å². The third-order valence-corrected chi connectivity index (χ3v) is 24.3. The molecule has 2 aromatic carbocycles. The molecule has 0 aliphatic carbocycles. The van der Waals surface area contributed by atoms with E-state index in [0.717, 1.165) is 6.61 Å². The molecule has 0 fully saturated rings. The Kier molecular flexibility index (Phi) is 5.34. The molecule has 23 heavy (non-hydrogen) atoms. The maximum absolute atomic E-state index is 6.67. The minimum Gasteiger partial charge on any atom is -0.419 e. The topological polar surface area (TPSA) is 9.23 Å². The first-order valence-corrected chi connectivity index (χ1v) is 14.4. The van der Waals surface area contributed by atoms with Crippen LogP contribution in [0.4, 0.5) is 0 Å². The number of hydrogen-bond acceptors (Lipinski definition) is 1. The molecule has 0 aliphatic rings. The molecule has 0 aromatic heterocycles. The van der Waals surface area contributed by atoms with Crippen molar-refractivity contribution in [1.29, 1.82) is 0 Å². The Bertz CT molecular complexity index is 580. The van der Waals surface area contributed by atoms with Gasteiger partial charge in [0.15, 0.2) is 7.83 Å². The lowest BCUT2D eigenvalue weighted by Crippen LogP contribution is -2.77. The first-order valence-electron chi connectivity index (χ1n) is 8.52. The summed E-state index contributed by atoms with van der Waals surface area (Å²) >= 11 is 0. The highest BCUT2D eigenvalue weighted by Gasteiger charge is 2.58. The zero-order valence-electron chi connectivity index (χ0n) is 15.4. The van der Waals surface area contributed by atoms with Gasteiger partial charge in [0.1, 0.15) is 7.59 Å². The van der Waals surface area contributed by atoms with Crippen molar-refractivity contribution in [3.8, 4) is 0 Å². The standard InChI is InChI=1S/C20H30OSi2/c1-7-21-23(6,20(2,3)4)22(5,18-14-10-8-11-15-18)19-16-12-9-13-17-19/h8-17H,7H2,1-6H3. The maximum atomic E-state index is 6.67. The van der Waals surface area contributed by atoms with E-state index in [1.54, 1.807) is 0 Å². The van der Waals surface area contributed by atoms with E-state index in [1.807, 2.05) is 0 Å². The summed E-state index contributed by atoms with van der Waals surface area (Å²) in [5.74, 6) is 0. The first-order chi connectivity index (χ1) is 10.8. The summed E-state index contributed by atoms with van der Waals surface area (Å²) in [6, 6.07) is 22.2. The summed E-state index contributed by atoms with van der Waals surface area (Å²) in [6.45, 7) is 15.0. The van der Waals surface area contributed by atoms with Crippen molar-refractivity contribution in [3.05, 3.63) is 60.7 Å². The van der Waals surface area contributed by atoms with Gasteiger partial charge in [-0.05, 0) is 18.5 Å². The van der Waals surface area contributed by atoms with Gasteiger partial charge in [-0.15, -0.1) is 0 Å². The number of rotatable bonds is 5. The van der Waals surface area contributed by atoms with Crippen molar-refractivity contribution in [3.63, 3.8) is 0 Å². The van der Waals surface area contributed by atoms with Crippen LogP contribution in [-0.2, 0) is 4.43 Å². The normalized spacial score (nSPS) is 15.2. The molecule has 1 atom stereocenters. The molecule has 0 bridgehead atoms. The molecule has 0 saturated carbocycles. The van der Waals surface area contributed by atoms with E-state index in [4.69, 9.17) is 4.43 Å². The molecule has 0 aliphatic heterocycles. The molecule has 2 rings (SSSR count). The molecule has 0 amide bonds. The van der Waals surface area contributed by atoms with Crippen LogP contribution in [0.3, 0.4) is 0 Å². The molecule has 0 saturated heterocycles. The fourth-order valence-electron chi connectivity index (χ4n) is 3.66. The van der Waals surface area contributed by atoms with Gasteiger partial charge in [-0.2, -0.15) is 0 Å². The van der Waals surface area contributed by atoms with E-state index < -0.39 is 15.4 Å². The van der Waals surface area contributed by atoms with Crippen molar-refractivity contribution in [2.75, 3.05) is 6.61 Å². The smallest absolute Gasteiger partial charge is 0.192 e. The molecule has 1 unspecified atom stereocenters. The summed E-state index contributed by atoms with van der Waals surface area (Å²) < 4.78 is 6.67. The second-order valence-electron chi connectivity index (χ2n) is 7.57. The minimum atomic E-state index is -2.05. The highest BCUT2D eigenvalue weighted by Crippen LogP contribution is 2.42. The average Bonchev–Trinajstić information content (AvgIpc) is 2.54. The molecule has 0 heterocycles. The second-order valence-corrected chi connectivity index (χ2v) is 20.7. The monoisotopic (exact) mass is 342 g/mol. The summed E-state index contributed by atoms with van der Waals surface area (Å²) in [6.07, 6.45) is 0. The highest BCUT2D eigenvalue weighted by molar-refractivity contribution is 7.49. The fourth-order valence-corrected chi connectivity index (χ4v) is 19.7. The zero-order chi connectivity index (χ0) is 17.1. The van der Waals surface area contributed by atoms with Gasteiger partial charge in [0, 0.05) is 6.61 Å². The number of hydrogen-bond donors (Lipinski definition) is 0. The molecule has 124 valence electrons. The largest absolute Gasteiger partial charge is 0.419 e. The van der Waals surface area contributed by atoms with Crippen LogP contribution in [0, 0.1) is 0 Å². The van der Waals surface area contributed by atoms with Gasteiger partial charge >= 0.3 is 0 Å². The molecule has 0 spiro atoms. The fraction of sp³-hybridized carbons (Fsp3) is 0.400. The van der Waals surface area contributed by atoms with Crippen LogP contribution in [0.15, 0.2) is 60.7 Å². The Hall–Kier alpha value is -1.17. The van der Waals surface area contributed by atoms with Crippen molar-refractivity contribution >= 4 is 25.8 Å². The van der Waals surface area contributed by atoms with Gasteiger partial charge in [0.25, 0.3) is 0 Å². The van der Waals surface area contributed by atoms with Gasteiger partial charge in [0.2, 0.25) is 0 Å². The molecular formula is C20H30OSi2. The van der Waals surface area contributed by atoms with Crippen LogP contribution in [0.2, 0.25) is 18.1 Å². The van der Waals surface area contributed by atoms with Gasteiger partial charge in [-0.25, -0.2) is 0 Å². The predicted octanol–water partition coefficient (Wildman–Crippen LogP) is 4.37. The highest BCUT2D eigenvalue weighted by atomic mass is 29.3. The Morgan fingerprint density at radius 2 is 1.17 bits per heavy atom. The van der Waals surface area contributed by atoms with Gasteiger partial charge in [-0.1, -0.05) is 98.4 Å². The summed E-state index contributed by atoms with van der Waals surface area (Å²) in [5.41, 5.74) is 0. The van der Waals surface area contributed by atoms with Crippen molar-refractivity contribution < 1.29 is 4.43 Å². The lowest BCUT2D eigenvalue weighted by atomic mass is 10.3. The van der Waals surface area contributed by atoms with Gasteiger partial charge in [0.05, 0.1) is 0 Å². The van der Waals surface area contributed by atoms with Gasteiger partial charge in [-0.3, -0.25) is 0 Å². The summed E-state index contributed by atoms with van der Waals surface area (Å²) in [5, 5.41) is 3.16. The zero-order valence-corrected chi connectivity index (χ0v) is 17.4. The number of benzene rings is 2. The summed E-state index contributed by atoms with van der Waals surface area (Å²) in [4.78, 5) is 0. The van der Waals surface area contributed by atoms with E-state index in [1.165, 1.54) is 10.4 Å². The molecule has 0 N–H and O–H groups in total. The molecule has 2 aromatic rings. The minimum absolute atomic E-state index is 0.176. The van der Waals surface area contributed by atoms with Crippen LogP contribution in [-0.4, -0.2) is 22.0 Å². The molecular weight excluding hydrogens is 312 g/mol. The lowest BCUT2D eigenvalue weighted by Gasteiger charge is -2.51. The first kappa shape index (κ1) is 18.2. The van der Waals surface area contributed by atoms with Crippen LogP contribution in [0.25, 0.3) is 0 Å². The lowest BCUT2D eigenvalue weighted by molar-refractivity contribution is 0.317. The van der Waals surface area contributed by atoms with Crippen molar-refractivity contribution in [1.82, 2.24) is 0 Å². The third kappa shape index (κ3) is 3.10. The Morgan fingerprint density at radius 1 is 0.783 bits per heavy atom. The second kappa shape index (κ2) is 6.75. The Balaban J connectivity index is 2.77. The van der Waals surface area contributed by atoms with Crippen molar-refractivity contribution in [2.24, 2.45) is 0 Å². The average molecular weight is 343 g/mol. The maximum Gasteiger partial charge on any atom is 0.192 e. The molecule has 3 heteroatoms. The van der Waals surface area contributed by atoms with E-state index in [9.17, 15) is 0 Å². The predicted molar refractivity (Wildman–Crippen MR) is 107 cm³/mol. The van der Waals surface area contributed by atoms with Crippen molar-refractivity contribution in [2.45, 2.75) is 45.8 Å². The quantitative estimate of drug-likeness (QED) is 0.733. The van der Waals surface area contributed by atoms with E-state index in [2.05, 4.69) is 101 Å².